The third-order valence-electron chi connectivity index (χ3n) is 7.41. The van der Waals surface area contributed by atoms with E-state index in [0.29, 0.717) is 11.4 Å². The highest BCUT2D eigenvalue weighted by Crippen LogP contribution is 2.42. The van der Waals surface area contributed by atoms with Gasteiger partial charge in [0.25, 0.3) is 0 Å². The standard InChI is InChI=1S/C30H45N3O/c1-7-9-11-15-19-29(3,4)23-21-24(30(5,6)20-16-12-10-8-2)28(34)27(22-23)33-31-25-17-13-14-18-26(25)32-33/h13-14,17-18,21-22,34H,7-12,15-16,19-20H2,1-6H3. The van der Waals surface area contributed by atoms with Crippen molar-refractivity contribution >= 4 is 11.0 Å². The first-order valence-electron chi connectivity index (χ1n) is 13.4. The van der Waals surface area contributed by atoms with Crippen LogP contribution in [0.3, 0.4) is 0 Å². The summed E-state index contributed by atoms with van der Waals surface area (Å²) in [5.41, 5.74) is 4.52. The molecule has 0 unspecified atom stereocenters. The van der Waals surface area contributed by atoms with Crippen LogP contribution in [0, 0.1) is 0 Å². The summed E-state index contributed by atoms with van der Waals surface area (Å²) in [5.74, 6) is 0.311. The Hall–Kier alpha value is -2.36. The Kier molecular flexibility index (Phi) is 8.78. The quantitative estimate of drug-likeness (QED) is 0.258. The van der Waals surface area contributed by atoms with Gasteiger partial charge >= 0.3 is 0 Å². The highest BCUT2D eigenvalue weighted by Gasteiger charge is 2.30. The molecule has 0 saturated heterocycles. The highest BCUT2D eigenvalue weighted by molar-refractivity contribution is 5.74. The van der Waals surface area contributed by atoms with Gasteiger partial charge in [0.05, 0.1) is 0 Å². The maximum Gasteiger partial charge on any atom is 0.146 e. The van der Waals surface area contributed by atoms with Gasteiger partial charge in [-0.2, -0.15) is 0 Å². The van der Waals surface area contributed by atoms with Crippen LogP contribution in [-0.2, 0) is 10.8 Å². The molecule has 3 rings (SSSR count). The van der Waals surface area contributed by atoms with Crippen LogP contribution in [0.1, 0.15) is 117 Å². The Morgan fingerprint density at radius 1 is 0.735 bits per heavy atom. The molecule has 0 atom stereocenters. The zero-order chi connectivity index (χ0) is 24.8. The van der Waals surface area contributed by atoms with Crippen LogP contribution in [0.15, 0.2) is 36.4 Å². The summed E-state index contributed by atoms with van der Waals surface area (Å²) in [4.78, 5) is 1.63. The van der Waals surface area contributed by atoms with Gasteiger partial charge in [-0.3, -0.25) is 0 Å². The number of phenols is 1. The zero-order valence-electron chi connectivity index (χ0n) is 22.3. The van der Waals surface area contributed by atoms with Gasteiger partial charge in [0, 0.05) is 5.56 Å². The second-order valence-corrected chi connectivity index (χ2v) is 11.3. The Morgan fingerprint density at radius 2 is 1.26 bits per heavy atom. The normalized spacial score (nSPS) is 12.5. The first kappa shape index (κ1) is 26.2. The average molecular weight is 464 g/mol. The fourth-order valence-electron chi connectivity index (χ4n) is 4.91. The minimum Gasteiger partial charge on any atom is -0.505 e. The first-order chi connectivity index (χ1) is 16.2. The van der Waals surface area contributed by atoms with Gasteiger partial charge < -0.3 is 5.11 Å². The van der Waals surface area contributed by atoms with Crippen LogP contribution in [0.5, 0.6) is 5.75 Å². The lowest BCUT2D eigenvalue weighted by molar-refractivity contribution is 0.398. The molecular formula is C30H45N3O. The predicted octanol–water partition coefficient (Wildman–Crippen LogP) is 8.62. The van der Waals surface area contributed by atoms with Crippen molar-refractivity contribution in [3.8, 4) is 11.4 Å². The average Bonchev–Trinajstić information content (AvgIpc) is 3.23. The number of unbranched alkanes of at least 4 members (excludes halogenated alkanes) is 6. The van der Waals surface area contributed by atoms with E-state index < -0.39 is 0 Å². The topological polar surface area (TPSA) is 50.9 Å². The summed E-state index contributed by atoms with van der Waals surface area (Å²) in [6.07, 6.45) is 12.1. The van der Waals surface area contributed by atoms with E-state index in [1.54, 1.807) is 4.80 Å². The summed E-state index contributed by atoms with van der Waals surface area (Å²) >= 11 is 0. The molecule has 0 aliphatic rings. The number of nitrogens with zero attached hydrogens (tertiary/aromatic N) is 3. The molecule has 1 aromatic heterocycles. The van der Waals surface area contributed by atoms with E-state index in [-0.39, 0.29) is 10.8 Å². The molecule has 0 spiro atoms. The molecule has 186 valence electrons. The summed E-state index contributed by atoms with van der Waals surface area (Å²) in [7, 11) is 0. The lowest BCUT2D eigenvalue weighted by atomic mass is 9.74. The Bertz CT molecular complexity index is 1030. The van der Waals surface area contributed by atoms with Crippen LogP contribution < -0.4 is 0 Å². The molecule has 0 aliphatic carbocycles. The molecule has 4 nitrogen and oxygen atoms in total. The molecular weight excluding hydrogens is 418 g/mol. The number of phenolic OH excluding ortho intramolecular Hbond substituents is 1. The number of hydrogen-bond donors (Lipinski definition) is 1. The zero-order valence-corrected chi connectivity index (χ0v) is 22.3. The maximum absolute atomic E-state index is 11.5. The molecule has 0 amide bonds. The molecule has 0 aliphatic heterocycles. The Balaban J connectivity index is 2.05. The first-order valence-corrected chi connectivity index (χ1v) is 13.4. The predicted molar refractivity (Wildman–Crippen MR) is 144 cm³/mol. The van der Waals surface area contributed by atoms with E-state index in [1.165, 1.54) is 56.9 Å². The van der Waals surface area contributed by atoms with Crippen molar-refractivity contribution in [1.82, 2.24) is 15.0 Å². The lowest BCUT2D eigenvalue weighted by Crippen LogP contribution is -2.23. The van der Waals surface area contributed by atoms with Crippen molar-refractivity contribution in [1.29, 1.82) is 0 Å². The smallest absolute Gasteiger partial charge is 0.146 e. The Morgan fingerprint density at radius 3 is 1.79 bits per heavy atom. The van der Waals surface area contributed by atoms with Crippen molar-refractivity contribution in [3.63, 3.8) is 0 Å². The fraction of sp³-hybridized carbons (Fsp3) is 0.600. The summed E-state index contributed by atoms with van der Waals surface area (Å²) in [5, 5.41) is 21.0. The molecule has 34 heavy (non-hydrogen) atoms. The van der Waals surface area contributed by atoms with Crippen LogP contribution in [-0.4, -0.2) is 20.1 Å². The van der Waals surface area contributed by atoms with E-state index in [9.17, 15) is 5.11 Å². The molecule has 1 N–H and O–H groups in total. The number of rotatable bonds is 13. The van der Waals surface area contributed by atoms with Crippen LogP contribution in [0.2, 0.25) is 0 Å². The van der Waals surface area contributed by atoms with Crippen LogP contribution in [0.25, 0.3) is 16.7 Å². The monoisotopic (exact) mass is 463 g/mol. The van der Waals surface area contributed by atoms with Gasteiger partial charge in [-0.15, -0.1) is 15.0 Å². The van der Waals surface area contributed by atoms with Gasteiger partial charge in [0.15, 0.2) is 0 Å². The Labute approximate surface area is 206 Å². The molecule has 1 heterocycles. The van der Waals surface area contributed by atoms with Crippen molar-refractivity contribution in [2.75, 3.05) is 0 Å². The molecule has 0 saturated carbocycles. The number of benzene rings is 2. The number of aromatic hydroxyl groups is 1. The third-order valence-corrected chi connectivity index (χ3v) is 7.41. The van der Waals surface area contributed by atoms with E-state index in [2.05, 4.69) is 53.7 Å². The van der Waals surface area contributed by atoms with Crippen molar-refractivity contribution in [2.45, 2.75) is 117 Å². The summed E-state index contributed by atoms with van der Waals surface area (Å²) in [6, 6.07) is 12.3. The number of hydrogen-bond acceptors (Lipinski definition) is 3. The maximum atomic E-state index is 11.5. The van der Waals surface area contributed by atoms with Crippen LogP contribution >= 0.6 is 0 Å². The molecule has 4 heteroatoms. The second-order valence-electron chi connectivity index (χ2n) is 11.3. The minimum atomic E-state index is -0.131. The summed E-state index contributed by atoms with van der Waals surface area (Å²) in [6.45, 7) is 13.7. The largest absolute Gasteiger partial charge is 0.505 e. The third kappa shape index (κ3) is 6.20. The van der Waals surface area contributed by atoms with Gasteiger partial charge in [0.1, 0.15) is 22.5 Å². The van der Waals surface area contributed by atoms with Crippen molar-refractivity contribution in [3.05, 3.63) is 47.5 Å². The van der Waals surface area contributed by atoms with Gasteiger partial charge in [-0.25, -0.2) is 0 Å². The highest BCUT2D eigenvalue weighted by atomic mass is 16.3. The van der Waals surface area contributed by atoms with E-state index in [4.69, 9.17) is 10.2 Å². The van der Waals surface area contributed by atoms with Crippen molar-refractivity contribution in [2.24, 2.45) is 0 Å². The number of fused-ring (bicyclic) bond motifs is 1. The van der Waals surface area contributed by atoms with E-state index >= 15 is 0 Å². The van der Waals surface area contributed by atoms with E-state index in [0.717, 1.165) is 29.4 Å². The molecule has 0 fully saturated rings. The number of aromatic nitrogens is 3. The molecule has 2 aromatic carbocycles. The SMILES string of the molecule is CCCCCCC(C)(C)c1cc(-n2nc3ccccc3n2)c(O)c(C(C)(C)CCCCCC)c1. The van der Waals surface area contributed by atoms with Crippen molar-refractivity contribution < 1.29 is 5.11 Å². The van der Waals surface area contributed by atoms with Gasteiger partial charge in [-0.1, -0.05) is 111 Å². The van der Waals surface area contributed by atoms with Gasteiger partial charge in [-0.05, 0) is 47.4 Å². The van der Waals surface area contributed by atoms with Crippen LogP contribution in [0.4, 0.5) is 0 Å². The molecule has 0 radical (unpaired) electrons. The second kappa shape index (κ2) is 11.4. The fourth-order valence-corrected chi connectivity index (χ4v) is 4.91. The van der Waals surface area contributed by atoms with Gasteiger partial charge in [0.2, 0.25) is 0 Å². The minimum absolute atomic E-state index is 0.00973. The lowest BCUT2D eigenvalue weighted by Gasteiger charge is -2.32. The van der Waals surface area contributed by atoms with E-state index in [1.807, 2.05) is 24.3 Å². The molecule has 3 aromatic rings. The summed E-state index contributed by atoms with van der Waals surface area (Å²) < 4.78 is 0. The molecule has 0 bridgehead atoms.